The molecule has 31 heavy (non-hydrogen) atoms. The Morgan fingerprint density at radius 1 is 0.645 bits per heavy atom. The molecule has 0 amide bonds. The zero-order chi connectivity index (χ0) is 21.7. The van der Waals surface area contributed by atoms with Crippen molar-refractivity contribution in [3.8, 4) is 11.4 Å². The van der Waals surface area contributed by atoms with Crippen molar-refractivity contribution in [3.63, 3.8) is 0 Å². The van der Waals surface area contributed by atoms with Crippen LogP contribution in [0.15, 0.2) is 36.7 Å². The molecule has 0 N–H and O–H groups in total. The van der Waals surface area contributed by atoms with Crippen molar-refractivity contribution in [2.45, 2.75) is 110 Å². The van der Waals surface area contributed by atoms with Crippen LogP contribution in [0.1, 0.15) is 108 Å². The zero-order valence-electron chi connectivity index (χ0n) is 20.1. The molecule has 0 atom stereocenters. The molecular weight excluding hydrogens is 376 g/mol. The summed E-state index contributed by atoms with van der Waals surface area (Å²) in [6.45, 7) is 4.57. The van der Waals surface area contributed by atoms with Gasteiger partial charge in [0.1, 0.15) is 0 Å². The van der Waals surface area contributed by atoms with E-state index in [0.29, 0.717) is 0 Å². The molecule has 1 heterocycles. The van der Waals surface area contributed by atoms with E-state index in [2.05, 4.69) is 60.5 Å². The van der Waals surface area contributed by atoms with Crippen molar-refractivity contribution in [2.24, 2.45) is 11.8 Å². The molecule has 1 aromatic carbocycles. The van der Waals surface area contributed by atoms with E-state index in [-0.39, 0.29) is 0 Å². The van der Waals surface area contributed by atoms with Crippen LogP contribution in [0.2, 0.25) is 0 Å². The molecule has 2 heteroatoms. The summed E-state index contributed by atoms with van der Waals surface area (Å²) >= 11 is 0. The van der Waals surface area contributed by atoms with Gasteiger partial charge >= 0.3 is 0 Å². The van der Waals surface area contributed by atoms with E-state index >= 15 is 0 Å². The van der Waals surface area contributed by atoms with Crippen LogP contribution in [0.5, 0.6) is 0 Å². The van der Waals surface area contributed by atoms with Crippen LogP contribution < -0.4 is 0 Å². The van der Waals surface area contributed by atoms with Gasteiger partial charge in [0, 0.05) is 18.0 Å². The Balaban J connectivity index is 1.39. The van der Waals surface area contributed by atoms with Gasteiger partial charge in [0.05, 0.1) is 0 Å². The zero-order valence-corrected chi connectivity index (χ0v) is 20.1. The molecule has 0 saturated heterocycles. The molecular formula is C29H44N2. The molecule has 1 aromatic heterocycles. The maximum atomic E-state index is 4.67. The van der Waals surface area contributed by atoms with E-state index in [1.807, 2.05) is 0 Å². The quantitative estimate of drug-likeness (QED) is 0.303. The highest BCUT2D eigenvalue weighted by Gasteiger charge is 2.20. The Labute approximate surface area is 191 Å². The third-order valence-electron chi connectivity index (χ3n) is 7.26. The standard InChI is InChI=1S/C29H44N2/c1-3-5-7-9-11-25-18-20-28(21-19-25)29-30-22-27(23-31-29)17-16-26-14-12-24(13-15-26)10-8-6-4-2/h18-24,26H,3-17H2,1-2H3. The number of hydrogen-bond donors (Lipinski definition) is 0. The van der Waals surface area contributed by atoms with Crippen molar-refractivity contribution in [1.29, 1.82) is 0 Å². The Morgan fingerprint density at radius 3 is 1.90 bits per heavy atom. The smallest absolute Gasteiger partial charge is 0.159 e. The highest BCUT2D eigenvalue weighted by molar-refractivity contribution is 5.55. The SMILES string of the molecule is CCCCCCc1ccc(-c2ncc(CCC3CCC(CCCCC)CC3)cn2)cc1. The monoisotopic (exact) mass is 420 g/mol. The molecule has 0 aliphatic heterocycles. The number of benzene rings is 1. The average Bonchev–Trinajstić information content (AvgIpc) is 2.82. The fourth-order valence-electron chi connectivity index (χ4n) is 5.07. The molecule has 0 radical (unpaired) electrons. The fraction of sp³-hybridized carbons (Fsp3) is 0.655. The van der Waals surface area contributed by atoms with E-state index in [1.54, 1.807) is 0 Å². The van der Waals surface area contributed by atoms with Gasteiger partial charge in [-0.05, 0) is 48.6 Å². The van der Waals surface area contributed by atoms with Gasteiger partial charge in [0.15, 0.2) is 5.82 Å². The highest BCUT2D eigenvalue weighted by atomic mass is 14.9. The molecule has 1 fully saturated rings. The van der Waals surface area contributed by atoms with Crippen molar-refractivity contribution in [1.82, 2.24) is 9.97 Å². The predicted octanol–water partition coefficient (Wildman–Crippen LogP) is 8.59. The minimum absolute atomic E-state index is 0.855. The normalized spacial score (nSPS) is 18.9. The summed E-state index contributed by atoms with van der Waals surface area (Å²) < 4.78 is 0. The largest absolute Gasteiger partial charge is 0.236 e. The summed E-state index contributed by atoms with van der Waals surface area (Å²) in [6, 6.07) is 8.86. The van der Waals surface area contributed by atoms with E-state index in [1.165, 1.54) is 101 Å². The predicted molar refractivity (Wildman–Crippen MR) is 133 cm³/mol. The first kappa shape index (κ1) is 24.0. The summed E-state index contributed by atoms with van der Waals surface area (Å²) in [5.74, 6) is 2.77. The molecule has 0 bridgehead atoms. The van der Waals surface area contributed by atoms with Crippen molar-refractivity contribution >= 4 is 0 Å². The molecule has 1 saturated carbocycles. The number of aryl methyl sites for hydroxylation is 2. The van der Waals surface area contributed by atoms with Gasteiger partial charge in [-0.2, -0.15) is 0 Å². The minimum atomic E-state index is 0.855. The van der Waals surface area contributed by atoms with Crippen LogP contribution in [0, 0.1) is 11.8 Å². The Bertz CT molecular complexity index is 711. The number of rotatable bonds is 13. The summed E-state index contributed by atoms with van der Waals surface area (Å²) in [5.41, 5.74) is 3.85. The van der Waals surface area contributed by atoms with Gasteiger partial charge in [0.2, 0.25) is 0 Å². The second-order valence-electron chi connectivity index (χ2n) is 9.84. The summed E-state index contributed by atoms with van der Waals surface area (Å²) in [6.07, 6.45) is 24.4. The Kier molecular flexibility index (Phi) is 10.6. The molecule has 2 aromatic rings. The molecule has 2 nitrogen and oxygen atoms in total. The lowest BCUT2D eigenvalue weighted by molar-refractivity contribution is 0.249. The third-order valence-corrected chi connectivity index (χ3v) is 7.26. The first-order valence-electron chi connectivity index (χ1n) is 13.2. The lowest BCUT2D eigenvalue weighted by Crippen LogP contribution is -2.15. The van der Waals surface area contributed by atoms with Crippen LogP contribution in [0.3, 0.4) is 0 Å². The maximum absolute atomic E-state index is 4.67. The first-order chi connectivity index (χ1) is 15.3. The minimum Gasteiger partial charge on any atom is -0.236 e. The summed E-state index contributed by atoms with van der Waals surface area (Å²) in [5, 5.41) is 0. The topological polar surface area (TPSA) is 25.8 Å². The van der Waals surface area contributed by atoms with Crippen molar-refractivity contribution in [3.05, 3.63) is 47.8 Å². The molecule has 170 valence electrons. The van der Waals surface area contributed by atoms with Gasteiger partial charge in [-0.15, -0.1) is 0 Å². The molecule has 1 aliphatic carbocycles. The van der Waals surface area contributed by atoms with Gasteiger partial charge in [-0.3, -0.25) is 0 Å². The lowest BCUT2D eigenvalue weighted by atomic mass is 9.78. The third kappa shape index (κ3) is 8.39. The van der Waals surface area contributed by atoms with E-state index < -0.39 is 0 Å². The van der Waals surface area contributed by atoms with Crippen LogP contribution in [-0.4, -0.2) is 9.97 Å². The van der Waals surface area contributed by atoms with Gasteiger partial charge in [-0.1, -0.05) is 109 Å². The van der Waals surface area contributed by atoms with Crippen LogP contribution in [0.4, 0.5) is 0 Å². The number of nitrogens with zero attached hydrogens (tertiary/aromatic N) is 2. The second-order valence-corrected chi connectivity index (χ2v) is 9.84. The van der Waals surface area contributed by atoms with Gasteiger partial charge in [0.25, 0.3) is 0 Å². The van der Waals surface area contributed by atoms with Crippen molar-refractivity contribution in [2.75, 3.05) is 0 Å². The van der Waals surface area contributed by atoms with Crippen LogP contribution >= 0.6 is 0 Å². The lowest BCUT2D eigenvalue weighted by Gasteiger charge is -2.28. The summed E-state index contributed by atoms with van der Waals surface area (Å²) in [4.78, 5) is 9.34. The number of hydrogen-bond acceptors (Lipinski definition) is 2. The van der Waals surface area contributed by atoms with Gasteiger partial charge in [-0.25, -0.2) is 9.97 Å². The molecule has 0 spiro atoms. The number of unbranched alkanes of at least 4 members (excludes halogenated alkanes) is 5. The molecule has 3 rings (SSSR count). The maximum Gasteiger partial charge on any atom is 0.159 e. The number of aromatic nitrogens is 2. The van der Waals surface area contributed by atoms with Gasteiger partial charge < -0.3 is 0 Å². The summed E-state index contributed by atoms with van der Waals surface area (Å²) in [7, 11) is 0. The first-order valence-corrected chi connectivity index (χ1v) is 13.2. The Hall–Kier alpha value is -1.70. The van der Waals surface area contributed by atoms with Crippen LogP contribution in [0.25, 0.3) is 11.4 Å². The van der Waals surface area contributed by atoms with E-state index in [4.69, 9.17) is 0 Å². The van der Waals surface area contributed by atoms with Crippen LogP contribution in [-0.2, 0) is 12.8 Å². The van der Waals surface area contributed by atoms with E-state index in [9.17, 15) is 0 Å². The Morgan fingerprint density at radius 2 is 1.26 bits per heavy atom. The molecule has 1 aliphatic rings. The highest BCUT2D eigenvalue weighted by Crippen LogP contribution is 2.34. The molecule has 0 unspecified atom stereocenters. The van der Waals surface area contributed by atoms with Crippen molar-refractivity contribution < 1.29 is 0 Å². The second kappa shape index (κ2) is 13.7. The van der Waals surface area contributed by atoms with E-state index in [0.717, 1.165) is 29.6 Å². The average molecular weight is 421 g/mol. The fourth-order valence-corrected chi connectivity index (χ4v) is 5.07.